The van der Waals surface area contributed by atoms with Crippen molar-refractivity contribution in [2.24, 2.45) is 5.92 Å². The minimum Gasteiger partial charge on any atom is -0.368 e. The number of fused-ring (bicyclic) bond motifs is 1. The predicted molar refractivity (Wildman–Crippen MR) is 90.4 cm³/mol. The molecule has 0 bridgehead atoms. The van der Waals surface area contributed by atoms with E-state index in [-0.39, 0.29) is 17.6 Å². The van der Waals surface area contributed by atoms with E-state index in [1.165, 1.54) is 28.0 Å². The lowest BCUT2D eigenvalue weighted by Gasteiger charge is -2.17. The minimum absolute atomic E-state index is 0.168. The van der Waals surface area contributed by atoms with Gasteiger partial charge >= 0.3 is 0 Å². The largest absolute Gasteiger partial charge is 0.368 e. The van der Waals surface area contributed by atoms with Gasteiger partial charge in [-0.05, 0) is 30.7 Å². The number of H-pyrrole nitrogens is 1. The second-order valence-corrected chi connectivity index (χ2v) is 7.56. The Morgan fingerprint density at radius 3 is 3.17 bits per heavy atom. The third-order valence-corrected chi connectivity index (χ3v) is 5.71. The smallest absolute Gasteiger partial charge is 0.235 e. The summed E-state index contributed by atoms with van der Waals surface area (Å²) in [5.74, 6) is 0.838. The highest BCUT2D eigenvalue weighted by atomic mass is 32.2. The predicted octanol–water partition coefficient (Wildman–Crippen LogP) is 2.18. The fourth-order valence-electron chi connectivity index (χ4n) is 2.57. The van der Waals surface area contributed by atoms with Crippen molar-refractivity contribution in [2.75, 3.05) is 16.8 Å². The number of hydrogen-bond acceptors (Lipinski definition) is 7. The summed E-state index contributed by atoms with van der Waals surface area (Å²) in [5.41, 5.74) is 7.17. The molecule has 9 heteroatoms. The SMILES string of the molecule is C[C@@H]1CCc2c(sc(NC(=O)CSc3n[nH]c(N)n3)c2C#N)C1. The Labute approximate surface area is 141 Å². The summed E-state index contributed by atoms with van der Waals surface area (Å²) in [6, 6.07) is 2.24. The molecule has 7 nitrogen and oxygen atoms in total. The second kappa shape index (κ2) is 6.60. The number of nitrogens with zero attached hydrogens (tertiary/aromatic N) is 3. The van der Waals surface area contributed by atoms with E-state index in [0.29, 0.717) is 21.6 Å². The van der Waals surface area contributed by atoms with Crippen LogP contribution in [0, 0.1) is 17.2 Å². The van der Waals surface area contributed by atoms with Gasteiger partial charge in [0.2, 0.25) is 17.0 Å². The Hall–Kier alpha value is -2.05. The van der Waals surface area contributed by atoms with E-state index in [0.717, 1.165) is 24.8 Å². The number of thiophene rings is 1. The number of hydrogen-bond donors (Lipinski definition) is 3. The van der Waals surface area contributed by atoms with Gasteiger partial charge in [-0.3, -0.25) is 4.79 Å². The molecular formula is C14H16N6OS2. The van der Waals surface area contributed by atoms with E-state index >= 15 is 0 Å². The van der Waals surface area contributed by atoms with Crippen LogP contribution < -0.4 is 11.1 Å². The number of carbonyl (C=O) groups is 1. The molecule has 0 fully saturated rings. The first-order chi connectivity index (χ1) is 11.1. The van der Waals surface area contributed by atoms with E-state index in [9.17, 15) is 10.1 Å². The molecule has 4 N–H and O–H groups in total. The molecule has 0 unspecified atom stereocenters. The maximum Gasteiger partial charge on any atom is 0.235 e. The van der Waals surface area contributed by atoms with Crippen molar-refractivity contribution in [2.45, 2.75) is 31.3 Å². The maximum atomic E-state index is 12.1. The van der Waals surface area contributed by atoms with Crippen LogP contribution in [0.3, 0.4) is 0 Å². The molecular weight excluding hydrogens is 332 g/mol. The van der Waals surface area contributed by atoms with Crippen LogP contribution in [0.2, 0.25) is 0 Å². The molecule has 0 saturated carbocycles. The quantitative estimate of drug-likeness (QED) is 0.728. The summed E-state index contributed by atoms with van der Waals surface area (Å²) in [6.45, 7) is 2.21. The fourth-order valence-corrected chi connectivity index (χ4v) is 4.56. The van der Waals surface area contributed by atoms with Gasteiger partial charge in [-0.25, -0.2) is 5.10 Å². The van der Waals surface area contributed by atoms with Crippen molar-refractivity contribution in [1.82, 2.24) is 15.2 Å². The zero-order chi connectivity index (χ0) is 16.4. The van der Waals surface area contributed by atoms with Crippen molar-refractivity contribution in [3.63, 3.8) is 0 Å². The topological polar surface area (TPSA) is 120 Å². The van der Waals surface area contributed by atoms with Crippen LogP contribution in [0.25, 0.3) is 0 Å². The third-order valence-electron chi connectivity index (χ3n) is 3.69. The zero-order valence-electron chi connectivity index (χ0n) is 12.5. The van der Waals surface area contributed by atoms with Gasteiger partial charge < -0.3 is 11.1 Å². The standard InChI is InChI=1S/C14H16N6OS2/c1-7-2-3-8-9(5-15)12(23-10(8)4-7)17-11(21)6-22-14-18-13(16)19-20-14/h7H,2-4,6H2,1H3,(H,17,21)(H3,16,18,19,20)/t7-/m1/s1. The number of aromatic amines is 1. The maximum absolute atomic E-state index is 12.1. The Bertz CT molecular complexity index is 775. The highest BCUT2D eigenvalue weighted by Gasteiger charge is 2.24. The highest BCUT2D eigenvalue weighted by molar-refractivity contribution is 7.99. The van der Waals surface area contributed by atoms with Crippen LogP contribution >= 0.6 is 23.1 Å². The van der Waals surface area contributed by atoms with Crippen LogP contribution in [0.1, 0.15) is 29.3 Å². The molecule has 0 saturated heterocycles. The van der Waals surface area contributed by atoms with E-state index in [2.05, 4.69) is 33.5 Å². The van der Waals surface area contributed by atoms with Gasteiger partial charge in [0, 0.05) is 4.88 Å². The van der Waals surface area contributed by atoms with E-state index < -0.39 is 0 Å². The number of amides is 1. The van der Waals surface area contributed by atoms with Gasteiger partial charge in [0.05, 0.1) is 11.3 Å². The Morgan fingerprint density at radius 1 is 1.65 bits per heavy atom. The van der Waals surface area contributed by atoms with Gasteiger partial charge in [0.25, 0.3) is 0 Å². The number of aromatic nitrogens is 3. The molecule has 2 aromatic heterocycles. The monoisotopic (exact) mass is 348 g/mol. The number of nitrogens with one attached hydrogen (secondary N) is 2. The molecule has 1 atom stereocenters. The van der Waals surface area contributed by atoms with Crippen molar-refractivity contribution in [1.29, 1.82) is 5.26 Å². The van der Waals surface area contributed by atoms with Crippen LogP contribution in [0.4, 0.5) is 10.9 Å². The summed E-state index contributed by atoms with van der Waals surface area (Å²) >= 11 is 2.72. The number of carbonyl (C=O) groups excluding carboxylic acids is 1. The van der Waals surface area contributed by atoms with E-state index in [1.807, 2.05) is 0 Å². The van der Waals surface area contributed by atoms with Crippen molar-refractivity contribution in [3.05, 3.63) is 16.0 Å². The van der Waals surface area contributed by atoms with E-state index in [4.69, 9.17) is 5.73 Å². The third kappa shape index (κ3) is 3.48. The number of rotatable bonds is 4. The van der Waals surface area contributed by atoms with Gasteiger partial charge in [-0.1, -0.05) is 18.7 Å². The average Bonchev–Trinajstić information content (AvgIpc) is 3.07. The number of nitrogen functional groups attached to an aromatic ring is 1. The molecule has 23 heavy (non-hydrogen) atoms. The molecule has 3 rings (SSSR count). The summed E-state index contributed by atoms with van der Waals surface area (Å²) in [4.78, 5) is 17.3. The van der Waals surface area contributed by atoms with Gasteiger partial charge in [0.15, 0.2) is 0 Å². The average molecular weight is 348 g/mol. The van der Waals surface area contributed by atoms with Crippen molar-refractivity contribution < 1.29 is 4.79 Å². The lowest BCUT2D eigenvalue weighted by atomic mass is 9.89. The number of nitriles is 1. The van der Waals surface area contributed by atoms with Crippen molar-refractivity contribution in [3.8, 4) is 6.07 Å². The molecule has 1 amide bonds. The van der Waals surface area contributed by atoms with Crippen LogP contribution in [-0.4, -0.2) is 26.8 Å². The van der Waals surface area contributed by atoms with Gasteiger partial charge in [0.1, 0.15) is 11.1 Å². The molecule has 0 radical (unpaired) electrons. The summed E-state index contributed by atoms with van der Waals surface area (Å²) in [6.07, 6.45) is 2.99. The van der Waals surface area contributed by atoms with Crippen molar-refractivity contribution >= 4 is 40.0 Å². The molecule has 0 spiro atoms. The summed E-state index contributed by atoms with van der Waals surface area (Å²) < 4.78 is 0. The van der Waals surface area contributed by atoms with Gasteiger partial charge in [-0.2, -0.15) is 10.2 Å². The van der Waals surface area contributed by atoms with E-state index in [1.54, 1.807) is 0 Å². The zero-order valence-corrected chi connectivity index (χ0v) is 14.2. The highest BCUT2D eigenvalue weighted by Crippen LogP contribution is 2.39. The summed E-state index contributed by atoms with van der Waals surface area (Å²) in [5, 5.41) is 19.7. The lowest BCUT2D eigenvalue weighted by Crippen LogP contribution is -2.14. The molecule has 2 aromatic rings. The summed E-state index contributed by atoms with van der Waals surface area (Å²) in [7, 11) is 0. The van der Waals surface area contributed by atoms with Crippen LogP contribution in [0.15, 0.2) is 5.16 Å². The number of anilines is 2. The van der Waals surface area contributed by atoms with Crippen LogP contribution in [-0.2, 0) is 17.6 Å². The van der Waals surface area contributed by atoms with Gasteiger partial charge in [-0.15, -0.1) is 16.4 Å². The lowest BCUT2D eigenvalue weighted by molar-refractivity contribution is -0.113. The molecule has 0 aliphatic heterocycles. The molecule has 2 heterocycles. The molecule has 0 aromatic carbocycles. The number of thioether (sulfide) groups is 1. The molecule has 1 aliphatic carbocycles. The Morgan fingerprint density at radius 2 is 2.48 bits per heavy atom. The first-order valence-electron chi connectivity index (χ1n) is 7.22. The van der Waals surface area contributed by atoms with Crippen LogP contribution in [0.5, 0.6) is 0 Å². The minimum atomic E-state index is -0.179. The fraction of sp³-hybridized carbons (Fsp3) is 0.429. The first-order valence-corrected chi connectivity index (χ1v) is 9.02. The first kappa shape index (κ1) is 15.8. The number of nitrogens with two attached hydrogens (primary N) is 1. The normalized spacial score (nSPS) is 16.6. The Balaban J connectivity index is 1.67. The Kier molecular flexibility index (Phi) is 4.54. The molecule has 120 valence electrons. The molecule has 1 aliphatic rings. The second-order valence-electron chi connectivity index (χ2n) is 5.51.